The second-order valence-corrected chi connectivity index (χ2v) is 6.01. The lowest BCUT2D eigenvalue weighted by molar-refractivity contribution is -0.139. The van der Waals surface area contributed by atoms with Crippen LogP contribution in [0.25, 0.3) is 0 Å². The summed E-state index contributed by atoms with van der Waals surface area (Å²) in [5, 5.41) is 14.4. The zero-order valence-corrected chi connectivity index (χ0v) is 14.8. The van der Waals surface area contributed by atoms with E-state index in [2.05, 4.69) is 10.3 Å². The van der Waals surface area contributed by atoms with Crippen LogP contribution in [0.4, 0.5) is 0 Å². The van der Waals surface area contributed by atoms with Gasteiger partial charge in [-0.15, -0.1) is 11.3 Å². The number of rotatable bonds is 9. The van der Waals surface area contributed by atoms with Gasteiger partial charge in [-0.3, -0.25) is 4.79 Å². The lowest BCUT2D eigenvalue weighted by Gasteiger charge is -2.16. The Kier molecular flexibility index (Phi) is 6.76. The first kappa shape index (κ1) is 18.7. The third-order valence-corrected chi connectivity index (χ3v) is 4.21. The predicted molar refractivity (Wildman–Crippen MR) is 93.4 cm³/mol. The molecule has 134 valence electrons. The van der Waals surface area contributed by atoms with Crippen LogP contribution >= 0.6 is 11.3 Å². The van der Waals surface area contributed by atoms with Gasteiger partial charge in [-0.05, 0) is 31.5 Å². The molecule has 0 aliphatic rings. The van der Waals surface area contributed by atoms with Crippen LogP contribution in [0.1, 0.15) is 41.7 Å². The normalized spacial score (nSPS) is 11.6. The molecule has 1 amide bonds. The standard InChI is InChI=1S/C17H20N2O5S/c1-3-12(17-18-7-8-25-17)19-16(22)11-5-6-13(24-10-15(20)21)14(9-11)23-4-2/h5-9,12H,3-4,10H2,1-2H3,(H,19,22)(H,20,21). The molecule has 0 aliphatic heterocycles. The van der Waals surface area contributed by atoms with E-state index in [1.54, 1.807) is 25.3 Å². The molecule has 1 aromatic carbocycles. The average Bonchev–Trinajstić information content (AvgIpc) is 3.12. The highest BCUT2D eigenvalue weighted by Gasteiger charge is 2.18. The van der Waals surface area contributed by atoms with Gasteiger partial charge < -0.3 is 19.9 Å². The highest BCUT2D eigenvalue weighted by molar-refractivity contribution is 7.09. The monoisotopic (exact) mass is 364 g/mol. The summed E-state index contributed by atoms with van der Waals surface area (Å²) >= 11 is 1.49. The van der Waals surface area contributed by atoms with Crippen molar-refractivity contribution < 1.29 is 24.2 Å². The minimum absolute atomic E-state index is 0.161. The quantitative estimate of drug-likeness (QED) is 0.710. The molecular weight excluding hydrogens is 344 g/mol. The van der Waals surface area contributed by atoms with Crippen molar-refractivity contribution in [3.8, 4) is 11.5 Å². The third-order valence-electron chi connectivity index (χ3n) is 3.32. The molecular formula is C17H20N2O5S. The summed E-state index contributed by atoms with van der Waals surface area (Å²) in [6.07, 6.45) is 2.42. The molecule has 1 unspecified atom stereocenters. The Labute approximate surface area is 149 Å². The molecule has 0 aliphatic carbocycles. The van der Waals surface area contributed by atoms with E-state index in [0.29, 0.717) is 17.9 Å². The van der Waals surface area contributed by atoms with Crippen molar-refractivity contribution in [2.75, 3.05) is 13.2 Å². The number of carbonyl (C=O) groups excluding carboxylic acids is 1. The highest BCUT2D eigenvalue weighted by Crippen LogP contribution is 2.29. The van der Waals surface area contributed by atoms with Gasteiger partial charge in [0.2, 0.25) is 0 Å². The number of aliphatic carboxylic acids is 1. The van der Waals surface area contributed by atoms with Gasteiger partial charge in [-0.25, -0.2) is 9.78 Å². The van der Waals surface area contributed by atoms with Crippen molar-refractivity contribution in [2.24, 2.45) is 0 Å². The van der Waals surface area contributed by atoms with Crippen LogP contribution in [0.15, 0.2) is 29.8 Å². The largest absolute Gasteiger partial charge is 0.490 e. The van der Waals surface area contributed by atoms with Crippen molar-refractivity contribution in [1.29, 1.82) is 0 Å². The molecule has 8 heteroatoms. The van der Waals surface area contributed by atoms with Crippen molar-refractivity contribution >= 4 is 23.2 Å². The molecule has 0 saturated heterocycles. The lowest BCUT2D eigenvalue weighted by atomic mass is 10.1. The molecule has 2 N–H and O–H groups in total. The first-order chi connectivity index (χ1) is 12.0. The molecule has 1 atom stereocenters. The SMILES string of the molecule is CCOc1cc(C(=O)NC(CC)c2nccs2)ccc1OCC(=O)O. The Morgan fingerprint density at radius 1 is 1.28 bits per heavy atom. The number of ether oxygens (including phenoxy) is 2. The minimum atomic E-state index is -1.08. The van der Waals surface area contributed by atoms with Crippen molar-refractivity contribution in [2.45, 2.75) is 26.3 Å². The Hall–Kier alpha value is -2.61. The number of nitrogens with zero attached hydrogens (tertiary/aromatic N) is 1. The summed E-state index contributed by atoms with van der Waals surface area (Å²) in [5.74, 6) is -0.724. The molecule has 2 rings (SSSR count). The van der Waals surface area contributed by atoms with Crippen LogP contribution in [-0.2, 0) is 4.79 Å². The van der Waals surface area contributed by atoms with E-state index in [1.165, 1.54) is 17.4 Å². The Morgan fingerprint density at radius 2 is 2.08 bits per heavy atom. The predicted octanol–water partition coefficient (Wildman–Crippen LogP) is 2.89. The third kappa shape index (κ3) is 5.18. The maximum absolute atomic E-state index is 12.5. The fraction of sp³-hybridized carbons (Fsp3) is 0.353. The van der Waals surface area contributed by atoms with Crippen LogP contribution in [0.3, 0.4) is 0 Å². The fourth-order valence-electron chi connectivity index (χ4n) is 2.16. The first-order valence-corrected chi connectivity index (χ1v) is 8.74. The average molecular weight is 364 g/mol. The molecule has 0 spiro atoms. The number of aromatic nitrogens is 1. The van der Waals surface area contributed by atoms with Crippen molar-refractivity contribution in [3.63, 3.8) is 0 Å². The maximum Gasteiger partial charge on any atom is 0.341 e. The molecule has 0 saturated carbocycles. The molecule has 2 aromatic rings. The van der Waals surface area contributed by atoms with Crippen LogP contribution in [0.5, 0.6) is 11.5 Å². The molecule has 0 bridgehead atoms. The Morgan fingerprint density at radius 3 is 2.68 bits per heavy atom. The van der Waals surface area contributed by atoms with E-state index >= 15 is 0 Å². The van der Waals surface area contributed by atoms with Gasteiger partial charge in [0.1, 0.15) is 5.01 Å². The van der Waals surface area contributed by atoms with E-state index in [-0.39, 0.29) is 17.7 Å². The van der Waals surface area contributed by atoms with Crippen LogP contribution in [0, 0.1) is 0 Å². The van der Waals surface area contributed by atoms with E-state index in [4.69, 9.17) is 14.6 Å². The number of thiazole rings is 1. The number of amides is 1. The lowest BCUT2D eigenvalue weighted by Crippen LogP contribution is -2.28. The summed E-state index contributed by atoms with van der Waals surface area (Å²) in [4.78, 5) is 27.4. The Bertz CT molecular complexity index is 718. The summed E-state index contributed by atoms with van der Waals surface area (Å²) < 4.78 is 10.6. The zero-order chi connectivity index (χ0) is 18.2. The van der Waals surface area contributed by atoms with E-state index in [0.717, 1.165) is 11.4 Å². The van der Waals surface area contributed by atoms with E-state index < -0.39 is 12.6 Å². The van der Waals surface area contributed by atoms with Gasteiger partial charge in [0.15, 0.2) is 18.1 Å². The van der Waals surface area contributed by atoms with Gasteiger partial charge in [-0.1, -0.05) is 6.92 Å². The van der Waals surface area contributed by atoms with Gasteiger partial charge in [0.25, 0.3) is 5.91 Å². The van der Waals surface area contributed by atoms with Gasteiger partial charge in [0.05, 0.1) is 12.6 Å². The second kappa shape index (κ2) is 9.03. The number of benzene rings is 1. The molecule has 1 heterocycles. The van der Waals surface area contributed by atoms with Crippen molar-refractivity contribution in [3.05, 3.63) is 40.3 Å². The fourth-order valence-corrected chi connectivity index (χ4v) is 2.94. The first-order valence-electron chi connectivity index (χ1n) is 7.86. The highest BCUT2D eigenvalue weighted by atomic mass is 32.1. The smallest absolute Gasteiger partial charge is 0.341 e. The van der Waals surface area contributed by atoms with Gasteiger partial charge in [0, 0.05) is 17.1 Å². The molecule has 25 heavy (non-hydrogen) atoms. The summed E-state index contributed by atoms with van der Waals surface area (Å²) in [6.45, 7) is 3.66. The van der Waals surface area contributed by atoms with Gasteiger partial charge in [-0.2, -0.15) is 0 Å². The number of hydrogen-bond acceptors (Lipinski definition) is 6. The number of carbonyl (C=O) groups is 2. The molecule has 0 radical (unpaired) electrons. The molecule has 7 nitrogen and oxygen atoms in total. The zero-order valence-electron chi connectivity index (χ0n) is 14.0. The van der Waals surface area contributed by atoms with Crippen LogP contribution < -0.4 is 14.8 Å². The van der Waals surface area contributed by atoms with Gasteiger partial charge >= 0.3 is 5.97 Å². The number of carboxylic acids is 1. The minimum Gasteiger partial charge on any atom is -0.490 e. The van der Waals surface area contributed by atoms with Crippen molar-refractivity contribution in [1.82, 2.24) is 10.3 Å². The van der Waals surface area contributed by atoms with E-state index in [1.807, 2.05) is 12.3 Å². The number of hydrogen-bond donors (Lipinski definition) is 2. The summed E-state index contributed by atoms with van der Waals surface area (Å²) in [6, 6.07) is 4.49. The second-order valence-electron chi connectivity index (χ2n) is 5.08. The topological polar surface area (TPSA) is 97.8 Å². The summed E-state index contributed by atoms with van der Waals surface area (Å²) in [7, 11) is 0. The Balaban J connectivity index is 2.15. The molecule has 1 aromatic heterocycles. The van der Waals surface area contributed by atoms with E-state index in [9.17, 15) is 9.59 Å². The number of nitrogens with one attached hydrogen (secondary N) is 1. The molecule has 0 fully saturated rings. The summed E-state index contributed by atoms with van der Waals surface area (Å²) in [5.41, 5.74) is 0.404. The number of carboxylic acid groups (broad SMARTS) is 1. The van der Waals surface area contributed by atoms with Crippen LogP contribution in [-0.4, -0.2) is 35.2 Å². The maximum atomic E-state index is 12.5. The van der Waals surface area contributed by atoms with Crippen LogP contribution in [0.2, 0.25) is 0 Å².